The average molecular weight is 405 g/mol. The van der Waals surface area contributed by atoms with Gasteiger partial charge in [0.05, 0.1) is 24.3 Å². The maximum Gasteiger partial charge on any atom is 0.302 e. The van der Waals surface area contributed by atoms with Crippen molar-refractivity contribution in [1.29, 1.82) is 0 Å². The van der Waals surface area contributed by atoms with Crippen LogP contribution in [0.3, 0.4) is 0 Å². The molecule has 10 heteroatoms. The summed E-state index contributed by atoms with van der Waals surface area (Å²) in [5.74, 6) is 0.995. The van der Waals surface area contributed by atoms with E-state index in [0.717, 1.165) is 11.8 Å². The number of nitro benzene ring substituents is 1. The maximum atomic E-state index is 12.6. The Hall–Kier alpha value is -3.14. The quantitative estimate of drug-likeness (QED) is 0.511. The van der Waals surface area contributed by atoms with E-state index in [1.807, 2.05) is 0 Å². The van der Waals surface area contributed by atoms with Gasteiger partial charge in [0.1, 0.15) is 0 Å². The third-order valence-corrected chi connectivity index (χ3v) is 4.85. The van der Waals surface area contributed by atoms with Crippen LogP contribution in [0.15, 0.2) is 47.6 Å². The van der Waals surface area contributed by atoms with E-state index in [9.17, 15) is 19.3 Å². The minimum absolute atomic E-state index is 0.0223. The highest BCUT2D eigenvalue weighted by molar-refractivity contribution is 8.14. The Labute approximate surface area is 164 Å². The van der Waals surface area contributed by atoms with Gasteiger partial charge in [-0.15, -0.1) is 0 Å². The number of carbonyl (C=O) groups is 1. The van der Waals surface area contributed by atoms with Crippen molar-refractivity contribution in [3.8, 4) is 11.5 Å². The van der Waals surface area contributed by atoms with Crippen LogP contribution in [-0.4, -0.2) is 40.6 Å². The van der Waals surface area contributed by atoms with Gasteiger partial charge in [-0.05, 0) is 23.8 Å². The van der Waals surface area contributed by atoms with Crippen molar-refractivity contribution in [3.63, 3.8) is 0 Å². The molecule has 146 valence electrons. The Morgan fingerprint density at radius 1 is 1.25 bits per heavy atom. The minimum Gasteiger partial charge on any atom is -0.493 e. The molecule has 2 aromatic carbocycles. The van der Waals surface area contributed by atoms with Crippen LogP contribution >= 0.6 is 11.8 Å². The highest BCUT2D eigenvalue weighted by Crippen LogP contribution is 2.30. The first-order valence-corrected chi connectivity index (χ1v) is 9.12. The first-order chi connectivity index (χ1) is 13.5. The summed E-state index contributed by atoms with van der Waals surface area (Å²) in [7, 11) is 1.46. The smallest absolute Gasteiger partial charge is 0.302 e. The van der Waals surface area contributed by atoms with E-state index in [1.54, 1.807) is 30.3 Å². The molecule has 1 heterocycles. The largest absolute Gasteiger partial charge is 0.493 e. The first-order valence-electron chi connectivity index (χ1n) is 8.14. The molecule has 0 unspecified atom stereocenters. The average Bonchev–Trinajstić information content (AvgIpc) is 2.70. The normalized spacial score (nSPS) is 13.9. The van der Waals surface area contributed by atoms with E-state index in [2.05, 4.69) is 5.10 Å². The van der Waals surface area contributed by atoms with Crippen molar-refractivity contribution in [2.45, 2.75) is 6.54 Å². The molecule has 0 radical (unpaired) electrons. The highest BCUT2D eigenvalue weighted by Gasteiger charge is 2.23. The second-order valence-corrected chi connectivity index (χ2v) is 6.63. The molecule has 0 fully saturated rings. The number of halogens is 1. The van der Waals surface area contributed by atoms with Crippen molar-refractivity contribution in [3.05, 3.63) is 63.7 Å². The van der Waals surface area contributed by atoms with E-state index in [4.69, 9.17) is 9.47 Å². The summed E-state index contributed by atoms with van der Waals surface area (Å²) < 4.78 is 22.7. The van der Waals surface area contributed by atoms with Crippen molar-refractivity contribution >= 4 is 28.4 Å². The third-order valence-electron chi connectivity index (χ3n) is 3.97. The number of alkyl halides is 1. The number of hydrazone groups is 1. The first kappa shape index (κ1) is 19.6. The van der Waals surface area contributed by atoms with Gasteiger partial charge >= 0.3 is 5.24 Å². The monoisotopic (exact) mass is 405 g/mol. The van der Waals surface area contributed by atoms with Crippen LogP contribution in [0.25, 0.3) is 0 Å². The molecule has 2 aromatic rings. The number of carbonyl (C=O) groups excluding carboxylic acids is 1. The molecule has 0 atom stereocenters. The second kappa shape index (κ2) is 8.70. The molecular formula is C18H16FN3O5S. The Morgan fingerprint density at radius 2 is 2.00 bits per heavy atom. The molecule has 0 aromatic heterocycles. The SMILES string of the molecule is COc1ccc(C2=NN(Cc3ccc([N+](=O)[O-])cc3)C(=O)SC2)cc1OCF. The molecule has 0 saturated heterocycles. The second-order valence-electron chi connectivity index (χ2n) is 5.70. The molecule has 28 heavy (non-hydrogen) atoms. The fraction of sp³-hybridized carbons (Fsp3) is 0.222. The minimum atomic E-state index is -0.994. The van der Waals surface area contributed by atoms with Crippen LogP contribution in [0.4, 0.5) is 14.9 Å². The highest BCUT2D eigenvalue weighted by atomic mass is 32.2. The number of thioether (sulfide) groups is 1. The molecule has 0 saturated carbocycles. The Kier molecular flexibility index (Phi) is 6.09. The predicted octanol–water partition coefficient (Wildman–Crippen LogP) is 3.98. The molecule has 3 rings (SSSR count). The van der Waals surface area contributed by atoms with Crippen LogP contribution < -0.4 is 9.47 Å². The molecule has 8 nitrogen and oxygen atoms in total. The lowest BCUT2D eigenvalue weighted by molar-refractivity contribution is -0.384. The Bertz CT molecular complexity index is 920. The topological polar surface area (TPSA) is 94.3 Å². The number of non-ortho nitro benzene ring substituents is 1. The molecule has 0 bridgehead atoms. The van der Waals surface area contributed by atoms with Crippen molar-refractivity contribution in [2.75, 3.05) is 19.7 Å². The molecular weight excluding hydrogens is 389 g/mol. The van der Waals surface area contributed by atoms with Crippen LogP contribution in [0.5, 0.6) is 11.5 Å². The van der Waals surface area contributed by atoms with Gasteiger partial charge in [-0.25, -0.2) is 9.40 Å². The summed E-state index contributed by atoms with van der Waals surface area (Å²) in [4.78, 5) is 22.5. The van der Waals surface area contributed by atoms with E-state index in [0.29, 0.717) is 28.3 Å². The van der Waals surface area contributed by atoms with Crippen molar-refractivity contribution in [2.24, 2.45) is 5.10 Å². The van der Waals surface area contributed by atoms with Gasteiger partial charge in [-0.2, -0.15) is 5.10 Å². The van der Waals surface area contributed by atoms with Gasteiger partial charge in [-0.1, -0.05) is 23.9 Å². The Morgan fingerprint density at radius 3 is 2.64 bits per heavy atom. The summed E-state index contributed by atoms with van der Waals surface area (Å²) in [6.07, 6.45) is 0. The number of nitro groups is 1. The van der Waals surface area contributed by atoms with E-state index < -0.39 is 11.8 Å². The maximum absolute atomic E-state index is 12.6. The van der Waals surface area contributed by atoms with Gasteiger partial charge in [-0.3, -0.25) is 14.9 Å². The zero-order valence-corrected chi connectivity index (χ0v) is 15.6. The number of rotatable bonds is 7. The zero-order chi connectivity index (χ0) is 20.1. The van der Waals surface area contributed by atoms with Crippen LogP contribution in [-0.2, 0) is 6.54 Å². The molecule has 0 aliphatic carbocycles. The lowest BCUT2D eigenvalue weighted by Crippen LogP contribution is -2.29. The van der Waals surface area contributed by atoms with Gasteiger partial charge in [0.2, 0.25) is 6.86 Å². The number of nitrogens with zero attached hydrogens (tertiary/aromatic N) is 3. The molecule has 1 aliphatic heterocycles. The fourth-order valence-electron chi connectivity index (χ4n) is 2.58. The fourth-order valence-corrected chi connectivity index (χ4v) is 3.32. The van der Waals surface area contributed by atoms with Gasteiger partial charge < -0.3 is 9.47 Å². The van der Waals surface area contributed by atoms with E-state index >= 15 is 0 Å². The number of hydrogen-bond acceptors (Lipinski definition) is 7. The predicted molar refractivity (Wildman–Crippen MR) is 103 cm³/mol. The van der Waals surface area contributed by atoms with Crippen LogP contribution in [0.1, 0.15) is 11.1 Å². The Balaban J connectivity index is 1.83. The van der Waals surface area contributed by atoms with Gasteiger partial charge in [0.25, 0.3) is 5.69 Å². The summed E-state index contributed by atoms with van der Waals surface area (Å²) in [6, 6.07) is 10.9. The van der Waals surface area contributed by atoms with E-state index in [1.165, 1.54) is 24.3 Å². The summed E-state index contributed by atoms with van der Waals surface area (Å²) in [6.45, 7) is -0.816. The molecule has 0 spiro atoms. The number of ether oxygens (including phenoxy) is 2. The van der Waals surface area contributed by atoms with Gasteiger partial charge in [0.15, 0.2) is 11.5 Å². The lowest BCUT2D eigenvalue weighted by atomic mass is 10.1. The molecule has 1 amide bonds. The van der Waals surface area contributed by atoms with Crippen LogP contribution in [0, 0.1) is 10.1 Å². The zero-order valence-electron chi connectivity index (χ0n) is 14.8. The molecule has 1 aliphatic rings. The van der Waals surface area contributed by atoms with Gasteiger partial charge in [0, 0.05) is 23.4 Å². The third kappa shape index (κ3) is 4.39. The van der Waals surface area contributed by atoms with Crippen molar-refractivity contribution < 1.29 is 23.6 Å². The standard InChI is InChI=1S/C18H16FN3O5S/c1-26-16-7-4-13(8-17(16)27-11-19)15-10-28-18(23)21(20-15)9-12-2-5-14(6-3-12)22(24)25/h2-8H,9-11H2,1H3. The van der Waals surface area contributed by atoms with Crippen molar-refractivity contribution in [1.82, 2.24) is 5.01 Å². The number of amides is 1. The molecule has 0 N–H and O–H groups in total. The number of benzene rings is 2. The lowest BCUT2D eigenvalue weighted by Gasteiger charge is -2.23. The summed E-state index contributed by atoms with van der Waals surface area (Å²) >= 11 is 1.09. The summed E-state index contributed by atoms with van der Waals surface area (Å²) in [5, 5.41) is 16.2. The number of methoxy groups -OCH3 is 1. The summed E-state index contributed by atoms with van der Waals surface area (Å²) in [5.41, 5.74) is 1.99. The number of hydrogen-bond donors (Lipinski definition) is 0. The van der Waals surface area contributed by atoms with E-state index in [-0.39, 0.29) is 23.2 Å². The van der Waals surface area contributed by atoms with Crippen LogP contribution in [0.2, 0.25) is 0 Å².